The molecule has 118 valence electrons. The van der Waals surface area contributed by atoms with E-state index in [-0.39, 0.29) is 5.91 Å². The maximum atomic E-state index is 12.6. The van der Waals surface area contributed by atoms with Crippen LogP contribution in [0.1, 0.15) is 62.6 Å². The van der Waals surface area contributed by atoms with Crippen molar-refractivity contribution >= 4 is 11.6 Å². The van der Waals surface area contributed by atoms with E-state index < -0.39 is 0 Å². The minimum Gasteiger partial charge on any atom is -0.395 e. The molecule has 1 fully saturated rings. The second-order valence-electron chi connectivity index (χ2n) is 6.44. The standard InChI is InChI=1S/C16H28N4O/c1-4-6-13-14(17)15(19-18-13)16(21)20-9-5-7-12(8-10-20)11(2)3/h11-12H,4-10,17H2,1-3H3,(H,18,19). The van der Waals surface area contributed by atoms with Crippen LogP contribution in [0, 0.1) is 11.8 Å². The van der Waals surface area contributed by atoms with Crippen molar-refractivity contribution in [2.75, 3.05) is 18.8 Å². The van der Waals surface area contributed by atoms with Gasteiger partial charge in [0.1, 0.15) is 0 Å². The van der Waals surface area contributed by atoms with E-state index in [4.69, 9.17) is 5.73 Å². The number of amides is 1. The third-order valence-corrected chi connectivity index (χ3v) is 4.59. The Morgan fingerprint density at radius 3 is 2.86 bits per heavy atom. The van der Waals surface area contributed by atoms with Crippen molar-refractivity contribution in [1.29, 1.82) is 0 Å². The van der Waals surface area contributed by atoms with E-state index in [1.165, 1.54) is 6.42 Å². The fourth-order valence-electron chi connectivity index (χ4n) is 3.13. The Kier molecular flexibility index (Phi) is 5.26. The number of likely N-dealkylation sites (tertiary alicyclic amines) is 1. The van der Waals surface area contributed by atoms with Crippen molar-refractivity contribution in [1.82, 2.24) is 15.1 Å². The van der Waals surface area contributed by atoms with Gasteiger partial charge < -0.3 is 10.6 Å². The summed E-state index contributed by atoms with van der Waals surface area (Å²) in [6.07, 6.45) is 5.18. The number of carbonyl (C=O) groups excluding carboxylic acids is 1. The smallest absolute Gasteiger partial charge is 0.276 e. The van der Waals surface area contributed by atoms with Crippen LogP contribution in [0.4, 0.5) is 5.69 Å². The lowest BCUT2D eigenvalue weighted by molar-refractivity contribution is 0.0754. The molecule has 5 nitrogen and oxygen atoms in total. The molecule has 21 heavy (non-hydrogen) atoms. The average molecular weight is 292 g/mol. The van der Waals surface area contributed by atoms with Gasteiger partial charge >= 0.3 is 0 Å². The van der Waals surface area contributed by atoms with Crippen molar-refractivity contribution in [2.45, 2.75) is 52.9 Å². The number of carbonyl (C=O) groups is 1. The van der Waals surface area contributed by atoms with E-state index in [0.717, 1.165) is 50.4 Å². The number of aromatic amines is 1. The molecular weight excluding hydrogens is 264 g/mol. The number of nitrogens with two attached hydrogens (primary N) is 1. The third-order valence-electron chi connectivity index (χ3n) is 4.59. The van der Waals surface area contributed by atoms with E-state index >= 15 is 0 Å². The lowest BCUT2D eigenvalue weighted by atomic mass is 9.89. The second-order valence-corrected chi connectivity index (χ2v) is 6.44. The summed E-state index contributed by atoms with van der Waals surface area (Å²) in [5.41, 5.74) is 7.89. The highest BCUT2D eigenvalue weighted by Gasteiger charge is 2.26. The number of aromatic nitrogens is 2. The molecular formula is C16H28N4O. The van der Waals surface area contributed by atoms with Crippen molar-refractivity contribution in [3.05, 3.63) is 11.4 Å². The van der Waals surface area contributed by atoms with Crippen LogP contribution in [0.2, 0.25) is 0 Å². The Hall–Kier alpha value is -1.52. The Morgan fingerprint density at radius 1 is 1.43 bits per heavy atom. The molecule has 1 aromatic heterocycles. The zero-order chi connectivity index (χ0) is 15.4. The van der Waals surface area contributed by atoms with Gasteiger partial charge in [0.05, 0.1) is 11.4 Å². The van der Waals surface area contributed by atoms with Gasteiger partial charge in [0.15, 0.2) is 5.69 Å². The number of anilines is 1. The van der Waals surface area contributed by atoms with Crippen LogP contribution in [0.3, 0.4) is 0 Å². The molecule has 2 rings (SSSR count). The summed E-state index contributed by atoms with van der Waals surface area (Å²) in [5, 5.41) is 7.07. The van der Waals surface area contributed by atoms with Crippen LogP contribution < -0.4 is 5.73 Å². The highest BCUT2D eigenvalue weighted by molar-refractivity contribution is 5.97. The molecule has 0 bridgehead atoms. The maximum Gasteiger partial charge on any atom is 0.276 e. The normalized spacial score (nSPS) is 19.8. The van der Waals surface area contributed by atoms with Crippen molar-refractivity contribution in [3.63, 3.8) is 0 Å². The zero-order valence-electron chi connectivity index (χ0n) is 13.5. The molecule has 1 unspecified atom stereocenters. The van der Waals surface area contributed by atoms with Gasteiger partial charge in [-0.25, -0.2) is 0 Å². The first kappa shape index (κ1) is 15.9. The molecule has 0 aliphatic carbocycles. The minimum absolute atomic E-state index is 0.0180. The Morgan fingerprint density at radius 2 is 2.19 bits per heavy atom. The van der Waals surface area contributed by atoms with Gasteiger partial charge in [-0.15, -0.1) is 0 Å². The van der Waals surface area contributed by atoms with Crippen LogP contribution in [0.5, 0.6) is 0 Å². The summed E-state index contributed by atoms with van der Waals surface area (Å²) in [4.78, 5) is 14.6. The third kappa shape index (κ3) is 3.57. The van der Waals surface area contributed by atoms with E-state index in [0.29, 0.717) is 17.3 Å². The van der Waals surface area contributed by atoms with E-state index in [1.807, 2.05) is 4.90 Å². The summed E-state index contributed by atoms with van der Waals surface area (Å²) in [6, 6.07) is 0. The molecule has 0 saturated carbocycles. The predicted octanol–water partition coefficient (Wildman–Crippen LogP) is 2.84. The van der Waals surface area contributed by atoms with E-state index in [2.05, 4.69) is 31.0 Å². The predicted molar refractivity (Wildman–Crippen MR) is 85.1 cm³/mol. The lowest BCUT2D eigenvalue weighted by Crippen LogP contribution is -2.33. The van der Waals surface area contributed by atoms with Crippen molar-refractivity contribution in [2.24, 2.45) is 11.8 Å². The summed E-state index contributed by atoms with van der Waals surface area (Å²) >= 11 is 0. The number of nitrogens with zero attached hydrogens (tertiary/aromatic N) is 2. The first-order valence-corrected chi connectivity index (χ1v) is 8.16. The zero-order valence-corrected chi connectivity index (χ0v) is 13.5. The molecule has 5 heteroatoms. The van der Waals surface area contributed by atoms with Gasteiger partial charge in [-0.05, 0) is 37.5 Å². The van der Waals surface area contributed by atoms with Crippen LogP contribution in [-0.2, 0) is 6.42 Å². The fourth-order valence-corrected chi connectivity index (χ4v) is 3.13. The van der Waals surface area contributed by atoms with Gasteiger partial charge in [-0.2, -0.15) is 5.10 Å². The number of aryl methyl sites for hydroxylation is 1. The molecule has 1 saturated heterocycles. The number of nitrogens with one attached hydrogen (secondary N) is 1. The van der Waals surface area contributed by atoms with Gasteiger partial charge in [0, 0.05) is 13.1 Å². The Bertz CT molecular complexity index is 481. The van der Waals surface area contributed by atoms with Crippen molar-refractivity contribution < 1.29 is 4.79 Å². The molecule has 1 aromatic rings. The molecule has 1 aliphatic heterocycles. The van der Waals surface area contributed by atoms with E-state index in [1.54, 1.807) is 0 Å². The molecule has 0 spiro atoms. The van der Waals surface area contributed by atoms with Gasteiger partial charge in [-0.3, -0.25) is 9.89 Å². The molecule has 1 amide bonds. The number of nitrogen functional groups attached to an aromatic ring is 1. The second kappa shape index (κ2) is 6.96. The first-order valence-electron chi connectivity index (χ1n) is 8.16. The largest absolute Gasteiger partial charge is 0.395 e. The molecule has 3 N–H and O–H groups in total. The number of hydrogen-bond acceptors (Lipinski definition) is 3. The molecule has 0 radical (unpaired) electrons. The van der Waals surface area contributed by atoms with Gasteiger partial charge in [0.2, 0.25) is 0 Å². The lowest BCUT2D eigenvalue weighted by Gasteiger charge is -2.21. The van der Waals surface area contributed by atoms with Crippen LogP contribution in [0.15, 0.2) is 0 Å². The number of hydrogen-bond donors (Lipinski definition) is 2. The number of rotatable bonds is 4. The SMILES string of the molecule is CCCc1[nH]nc(C(=O)N2CCCC(C(C)C)CC2)c1N. The molecule has 2 heterocycles. The average Bonchev–Trinajstić information content (AvgIpc) is 2.68. The Balaban J connectivity index is 2.06. The minimum atomic E-state index is -0.0180. The Labute approximate surface area is 127 Å². The quantitative estimate of drug-likeness (QED) is 0.896. The summed E-state index contributed by atoms with van der Waals surface area (Å²) in [6.45, 7) is 8.26. The maximum absolute atomic E-state index is 12.6. The van der Waals surface area contributed by atoms with Crippen molar-refractivity contribution in [3.8, 4) is 0 Å². The molecule has 1 aliphatic rings. The monoisotopic (exact) mass is 292 g/mol. The van der Waals surface area contributed by atoms with E-state index in [9.17, 15) is 4.79 Å². The summed E-state index contributed by atoms with van der Waals surface area (Å²) < 4.78 is 0. The highest BCUT2D eigenvalue weighted by atomic mass is 16.2. The van der Waals surface area contributed by atoms with Gasteiger partial charge in [-0.1, -0.05) is 27.2 Å². The molecule has 1 atom stereocenters. The van der Waals surface area contributed by atoms with Crippen LogP contribution >= 0.6 is 0 Å². The summed E-state index contributed by atoms with van der Waals surface area (Å²) in [5.74, 6) is 1.39. The topological polar surface area (TPSA) is 75.0 Å². The van der Waals surface area contributed by atoms with Gasteiger partial charge in [0.25, 0.3) is 5.91 Å². The fraction of sp³-hybridized carbons (Fsp3) is 0.750. The van der Waals surface area contributed by atoms with Crippen LogP contribution in [-0.4, -0.2) is 34.1 Å². The highest BCUT2D eigenvalue weighted by Crippen LogP contribution is 2.26. The first-order chi connectivity index (χ1) is 10.0. The van der Waals surface area contributed by atoms with Crippen LogP contribution in [0.25, 0.3) is 0 Å². The summed E-state index contributed by atoms with van der Waals surface area (Å²) in [7, 11) is 0. The number of H-pyrrole nitrogens is 1. The molecule has 0 aromatic carbocycles.